The van der Waals surface area contributed by atoms with Crippen LogP contribution in [0.4, 0.5) is 0 Å². The topological polar surface area (TPSA) is 37.5 Å². The molecule has 0 aliphatic carbocycles. The summed E-state index contributed by atoms with van der Waals surface area (Å²) in [6, 6.07) is 29.4. The normalized spacial score (nSPS) is 11.7. The number of aromatic nitrogens is 2. The lowest BCUT2D eigenvalue weighted by Crippen LogP contribution is -2.04. The summed E-state index contributed by atoms with van der Waals surface area (Å²) >= 11 is 0. The Balaban J connectivity index is 1.27. The third kappa shape index (κ3) is 3.12. The van der Waals surface area contributed by atoms with Crippen LogP contribution in [0.15, 0.2) is 84.9 Å². The molecule has 164 valence electrons. The van der Waals surface area contributed by atoms with Crippen molar-refractivity contribution < 1.29 is 14.4 Å². The highest BCUT2D eigenvalue weighted by molar-refractivity contribution is 6.08. The smallest absolute Gasteiger partial charge is 0.104 e. The Morgan fingerprint density at radius 1 is 0.515 bits per heavy atom. The molecule has 2 aromatic heterocycles. The number of para-hydroxylation sites is 2. The fourth-order valence-electron chi connectivity index (χ4n) is 4.83. The number of hydrogen-bond acceptors (Lipinski definition) is 3. The second kappa shape index (κ2) is 7.87. The van der Waals surface area contributed by atoms with Gasteiger partial charge in [-0.25, -0.2) is 0 Å². The summed E-state index contributed by atoms with van der Waals surface area (Å²) in [5.41, 5.74) is 6.52. The minimum Gasteiger partial charge on any atom is -0.417 e. The lowest BCUT2D eigenvalue weighted by atomic mass is 10.1. The van der Waals surface area contributed by atoms with Crippen LogP contribution in [0.5, 0.6) is 0 Å². The molecule has 6 aromatic rings. The Hall–Kier alpha value is -3.96. The highest BCUT2D eigenvalue weighted by atomic mass is 16.6. The monoisotopic (exact) mass is 436 g/mol. The van der Waals surface area contributed by atoms with E-state index in [0.29, 0.717) is 13.2 Å². The maximum absolute atomic E-state index is 6.12. The molecule has 2 heterocycles. The van der Waals surface area contributed by atoms with Gasteiger partial charge in [-0.05, 0) is 47.5 Å². The first-order chi connectivity index (χ1) is 16.3. The molecule has 0 unspecified atom stereocenters. The van der Waals surface area contributed by atoms with E-state index in [1.54, 1.807) is 14.2 Å². The molecule has 0 saturated carbocycles. The summed E-state index contributed by atoms with van der Waals surface area (Å²) in [4.78, 5) is 11.2. The van der Waals surface area contributed by atoms with Crippen molar-refractivity contribution >= 4 is 43.6 Å². The molecule has 0 saturated heterocycles. The maximum Gasteiger partial charge on any atom is 0.104 e. The molecule has 5 heteroatoms. The average molecular weight is 437 g/mol. The summed E-state index contributed by atoms with van der Waals surface area (Å²) in [6.07, 6.45) is 0. The molecule has 0 N–H and O–H groups in total. The molecule has 0 aliphatic heterocycles. The maximum atomic E-state index is 6.12. The van der Waals surface area contributed by atoms with E-state index in [4.69, 9.17) is 14.4 Å². The van der Waals surface area contributed by atoms with Crippen molar-refractivity contribution in [1.82, 2.24) is 9.46 Å². The van der Waals surface area contributed by atoms with Crippen LogP contribution in [0.1, 0.15) is 11.1 Å². The van der Waals surface area contributed by atoms with Crippen LogP contribution in [0.2, 0.25) is 0 Å². The fourth-order valence-corrected chi connectivity index (χ4v) is 4.83. The van der Waals surface area contributed by atoms with Gasteiger partial charge in [0.15, 0.2) is 0 Å². The molecule has 0 atom stereocenters. The number of benzene rings is 4. The molecule has 0 spiro atoms. The third-order valence-corrected chi connectivity index (χ3v) is 6.29. The standard InChI is InChI=1S/C28H24N2O3/c1-31-29-25-9-5-3-7-21(25)23-15-19(11-13-27(23)29)17-33-18-20-12-14-28-24(16-20)22-8-4-6-10-26(22)30(28)32-2/h3-16H,17-18H2,1-2H3. The van der Waals surface area contributed by atoms with E-state index < -0.39 is 0 Å². The molecular weight excluding hydrogens is 412 g/mol. The van der Waals surface area contributed by atoms with Gasteiger partial charge in [-0.1, -0.05) is 48.5 Å². The number of hydrogen-bond donors (Lipinski definition) is 0. The van der Waals surface area contributed by atoms with E-state index in [-0.39, 0.29) is 0 Å². The van der Waals surface area contributed by atoms with E-state index in [0.717, 1.165) is 33.2 Å². The number of fused-ring (bicyclic) bond motifs is 6. The molecule has 0 aliphatic rings. The fraction of sp³-hybridized carbons (Fsp3) is 0.143. The van der Waals surface area contributed by atoms with Gasteiger partial charge in [-0.3, -0.25) is 0 Å². The van der Waals surface area contributed by atoms with E-state index in [2.05, 4.69) is 72.8 Å². The quantitative estimate of drug-likeness (QED) is 0.334. The van der Waals surface area contributed by atoms with Crippen molar-refractivity contribution in [2.24, 2.45) is 0 Å². The van der Waals surface area contributed by atoms with Crippen molar-refractivity contribution in [1.29, 1.82) is 0 Å². The first kappa shape index (κ1) is 19.7. The Labute approximate surface area is 191 Å². The van der Waals surface area contributed by atoms with Crippen LogP contribution in [-0.2, 0) is 18.0 Å². The molecule has 0 radical (unpaired) electrons. The predicted molar refractivity (Wildman–Crippen MR) is 132 cm³/mol. The first-order valence-electron chi connectivity index (χ1n) is 11.0. The van der Waals surface area contributed by atoms with Crippen molar-refractivity contribution in [2.75, 3.05) is 14.2 Å². The van der Waals surface area contributed by atoms with Gasteiger partial charge in [-0.15, -0.1) is 0 Å². The summed E-state index contributed by atoms with van der Waals surface area (Å²) in [6.45, 7) is 1.08. The highest BCUT2D eigenvalue weighted by Crippen LogP contribution is 2.30. The third-order valence-electron chi connectivity index (χ3n) is 6.29. The van der Waals surface area contributed by atoms with E-state index in [9.17, 15) is 0 Å². The predicted octanol–water partition coefficient (Wildman–Crippen LogP) is 5.74. The lowest BCUT2D eigenvalue weighted by Gasteiger charge is -2.07. The minimum atomic E-state index is 0.542. The molecule has 5 nitrogen and oxygen atoms in total. The zero-order valence-corrected chi connectivity index (χ0v) is 18.6. The highest BCUT2D eigenvalue weighted by Gasteiger charge is 2.13. The number of ether oxygens (including phenoxy) is 1. The van der Waals surface area contributed by atoms with Crippen LogP contribution in [0, 0.1) is 0 Å². The Morgan fingerprint density at radius 3 is 1.39 bits per heavy atom. The van der Waals surface area contributed by atoms with Gasteiger partial charge in [0.25, 0.3) is 0 Å². The summed E-state index contributed by atoms with van der Waals surface area (Å²) < 4.78 is 9.87. The van der Waals surface area contributed by atoms with Crippen LogP contribution in [-0.4, -0.2) is 23.7 Å². The van der Waals surface area contributed by atoms with Gasteiger partial charge in [0.1, 0.15) is 14.2 Å². The second-order valence-electron chi connectivity index (χ2n) is 8.18. The first-order valence-corrected chi connectivity index (χ1v) is 11.0. The van der Waals surface area contributed by atoms with Gasteiger partial charge < -0.3 is 14.4 Å². The summed E-state index contributed by atoms with van der Waals surface area (Å²) in [5, 5.41) is 4.69. The van der Waals surface area contributed by atoms with Crippen LogP contribution in [0.3, 0.4) is 0 Å². The molecule has 0 bridgehead atoms. The van der Waals surface area contributed by atoms with Crippen LogP contribution in [0.25, 0.3) is 43.6 Å². The molecule has 0 fully saturated rings. The van der Waals surface area contributed by atoms with Gasteiger partial charge in [0.05, 0.1) is 35.3 Å². The Morgan fingerprint density at radius 2 is 0.939 bits per heavy atom. The molecule has 6 rings (SSSR count). The van der Waals surface area contributed by atoms with Crippen LogP contribution >= 0.6 is 0 Å². The van der Waals surface area contributed by atoms with Crippen molar-refractivity contribution in [2.45, 2.75) is 13.2 Å². The zero-order chi connectivity index (χ0) is 22.4. The Kier molecular flexibility index (Phi) is 4.70. The lowest BCUT2D eigenvalue weighted by molar-refractivity contribution is 0.107. The molecule has 0 amide bonds. The van der Waals surface area contributed by atoms with Gasteiger partial charge in [0, 0.05) is 21.5 Å². The molecular formula is C28H24N2O3. The van der Waals surface area contributed by atoms with Gasteiger partial charge >= 0.3 is 0 Å². The van der Waals surface area contributed by atoms with Crippen molar-refractivity contribution in [3.63, 3.8) is 0 Å². The van der Waals surface area contributed by atoms with Gasteiger partial charge in [-0.2, -0.15) is 9.46 Å². The average Bonchev–Trinajstić information content (AvgIpc) is 3.35. The van der Waals surface area contributed by atoms with E-state index in [1.807, 2.05) is 21.6 Å². The second-order valence-corrected chi connectivity index (χ2v) is 8.18. The molecule has 33 heavy (non-hydrogen) atoms. The zero-order valence-electron chi connectivity index (χ0n) is 18.6. The minimum absolute atomic E-state index is 0.542. The Bertz CT molecular complexity index is 1510. The SMILES string of the molecule is COn1c2ccccc2c2cc(COCc3ccc4c(c3)c3ccccc3n4OC)ccc21. The number of rotatable bonds is 6. The van der Waals surface area contributed by atoms with Gasteiger partial charge in [0.2, 0.25) is 0 Å². The summed E-state index contributed by atoms with van der Waals surface area (Å²) in [7, 11) is 3.40. The van der Waals surface area contributed by atoms with Crippen LogP contribution < -0.4 is 9.68 Å². The number of nitrogens with zero attached hydrogens (tertiary/aromatic N) is 2. The van der Waals surface area contributed by atoms with Crippen molar-refractivity contribution in [3.8, 4) is 0 Å². The largest absolute Gasteiger partial charge is 0.417 e. The van der Waals surface area contributed by atoms with Crippen molar-refractivity contribution in [3.05, 3.63) is 96.1 Å². The van der Waals surface area contributed by atoms with E-state index >= 15 is 0 Å². The van der Waals surface area contributed by atoms with E-state index in [1.165, 1.54) is 21.5 Å². The molecule has 4 aromatic carbocycles. The summed E-state index contributed by atoms with van der Waals surface area (Å²) in [5.74, 6) is 0.